The second kappa shape index (κ2) is 5.94. The topological polar surface area (TPSA) is 50.4 Å². The van der Waals surface area contributed by atoms with Crippen molar-refractivity contribution >= 4 is 6.41 Å². The Hall–Kier alpha value is -0.610. The highest BCUT2D eigenvalue weighted by atomic mass is 16.5. The van der Waals surface area contributed by atoms with E-state index in [0.717, 1.165) is 13.0 Å². The first-order valence-corrected chi connectivity index (χ1v) is 4.51. The first-order chi connectivity index (χ1) is 5.99. The van der Waals surface area contributed by atoms with Crippen molar-refractivity contribution in [2.24, 2.45) is 0 Å². The van der Waals surface area contributed by atoms with E-state index in [0.29, 0.717) is 6.41 Å². The predicted octanol–water partition coefficient (Wildman–Crippen LogP) is 0.483. The summed E-state index contributed by atoms with van der Waals surface area (Å²) in [4.78, 5) is 10.3. The van der Waals surface area contributed by atoms with Crippen LogP contribution in [-0.2, 0) is 9.53 Å². The Kier molecular flexibility index (Phi) is 5.66. The van der Waals surface area contributed by atoms with Crippen LogP contribution in [0.15, 0.2) is 0 Å². The third kappa shape index (κ3) is 7.74. The number of ether oxygens (including phenoxy) is 1. The summed E-state index contributed by atoms with van der Waals surface area (Å²) in [7, 11) is 1.87. The molecule has 13 heavy (non-hydrogen) atoms. The zero-order chi connectivity index (χ0) is 10.3. The number of carbonyl (C=O) groups is 1. The van der Waals surface area contributed by atoms with E-state index in [9.17, 15) is 4.79 Å². The highest BCUT2D eigenvalue weighted by molar-refractivity contribution is 5.46. The molecular formula is C9H20N2O2. The molecule has 1 unspecified atom stereocenters. The van der Waals surface area contributed by atoms with Crippen molar-refractivity contribution in [1.29, 1.82) is 0 Å². The van der Waals surface area contributed by atoms with Crippen molar-refractivity contribution in [2.45, 2.75) is 39.0 Å². The summed E-state index contributed by atoms with van der Waals surface area (Å²) in [6, 6.07) is 0. The van der Waals surface area contributed by atoms with Crippen molar-refractivity contribution in [3.8, 4) is 0 Å². The average Bonchev–Trinajstić information content (AvgIpc) is 1.98. The summed E-state index contributed by atoms with van der Waals surface area (Å²) in [6.45, 7) is 6.71. The number of hydrogen-bond donors (Lipinski definition) is 2. The molecule has 0 bridgehead atoms. The Labute approximate surface area is 80.0 Å². The summed E-state index contributed by atoms with van der Waals surface area (Å²) < 4.78 is 5.60. The van der Waals surface area contributed by atoms with Gasteiger partial charge in [0.25, 0.3) is 0 Å². The highest BCUT2D eigenvalue weighted by Gasteiger charge is 2.17. The maximum atomic E-state index is 10.3. The quantitative estimate of drug-likeness (QED) is 0.471. The van der Waals surface area contributed by atoms with Crippen molar-refractivity contribution in [3.63, 3.8) is 0 Å². The summed E-state index contributed by atoms with van der Waals surface area (Å²) in [5, 5.41) is 5.64. The third-order valence-corrected chi connectivity index (χ3v) is 1.41. The molecule has 0 aliphatic heterocycles. The second-order valence-electron chi connectivity index (χ2n) is 3.90. The summed E-state index contributed by atoms with van der Waals surface area (Å²) in [5.41, 5.74) is -0.228. The molecule has 0 saturated heterocycles. The van der Waals surface area contributed by atoms with Gasteiger partial charge in [0.1, 0.15) is 6.23 Å². The molecule has 0 aromatic carbocycles. The lowest BCUT2D eigenvalue weighted by Gasteiger charge is -2.26. The molecule has 0 fully saturated rings. The van der Waals surface area contributed by atoms with E-state index in [-0.39, 0.29) is 11.8 Å². The minimum Gasteiger partial charge on any atom is -0.353 e. The molecule has 0 aliphatic rings. The highest BCUT2D eigenvalue weighted by Crippen LogP contribution is 2.10. The molecule has 0 rings (SSSR count). The minimum absolute atomic E-state index is 0.204. The van der Waals surface area contributed by atoms with Gasteiger partial charge in [-0.25, -0.2) is 0 Å². The van der Waals surface area contributed by atoms with Crippen LogP contribution in [0.25, 0.3) is 0 Å². The molecule has 0 aliphatic carbocycles. The SMILES string of the molecule is CNCCC(NC=O)OC(C)(C)C. The van der Waals surface area contributed by atoms with Gasteiger partial charge in [0.2, 0.25) is 6.41 Å². The number of carbonyl (C=O) groups excluding carboxylic acids is 1. The largest absolute Gasteiger partial charge is 0.353 e. The van der Waals surface area contributed by atoms with Crippen molar-refractivity contribution in [3.05, 3.63) is 0 Å². The van der Waals surface area contributed by atoms with Gasteiger partial charge in [0, 0.05) is 6.42 Å². The monoisotopic (exact) mass is 188 g/mol. The number of nitrogens with one attached hydrogen (secondary N) is 2. The van der Waals surface area contributed by atoms with Crippen LogP contribution in [0.4, 0.5) is 0 Å². The molecule has 0 aromatic heterocycles. The van der Waals surface area contributed by atoms with Gasteiger partial charge in [-0.1, -0.05) is 0 Å². The standard InChI is InChI=1S/C9H20N2O2/c1-9(2,3)13-8(11-7-12)5-6-10-4/h7-8,10H,5-6H2,1-4H3,(H,11,12). The Morgan fingerprint density at radius 3 is 2.46 bits per heavy atom. The van der Waals surface area contributed by atoms with Gasteiger partial charge in [-0.3, -0.25) is 4.79 Å². The molecule has 4 heteroatoms. The van der Waals surface area contributed by atoms with Gasteiger partial charge in [-0.05, 0) is 34.4 Å². The summed E-state index contributed by atoms with van der Waals surface area (Å²) in [5.74, 6) is 0. The van der Waals surface area contributed by atoms with E-state index in [4.69, 9.17) is 4.74 Å². The van der Waals surface area contributed by atoms with Gasteiger partial charge in [-0.15, -0.1) is 0 Å². The molecule has 0 heterocycles. The normalized spacial score (nSPS) is 13.8. The average molecular weight is 188 g/mol. The van der Waals surface area contributed by atoms with Crippen LogP contribution < -0.4 is 10.6 Å². The minimum atomic E-state index is -0.228. The predicted molar refractivity (Wildman–Crippen MR) is 52.4 cm³/mol. The van der Waals surface area contributed by atoms with Crippen LogP contribution in [0, 0.1) is 0 Å². The number of rotatable bonds is 6. The zero-order valence-corrected chi connectivity index (χ0v) is 8.89. The lowest BCUT2D eigenvalue weighted by molar-refractivity contribution is -0.120. The Morgan fingerprint density at radius 2 is 2.08 bits per heavy atom. The number of hydrogen-bond acceptors (Lipinski definition) is 3. The van der Waals surface area contributed by atoms with Crippen LogP contribution in [-0.4, -0.2) is 31.8 Å². The second-order valence-corrected chi connectivity index (χ2v) is 3.90. The molecular weight excluding hydrogens is 168 g/mol. The summed E-state index contributed by atoms with van der Waals surface area (Å²) >= 11 is 0. The van der Waals surface area contributed by atoms with Gasteiger partial charge in [0.15, 0.2) is 0 Å². The van der Waals surface area contributed by atoms with Crippen LogP contribution in [0.2, 0.25) is 0 Å². The van der Waals surface area contributed by atoms with Crippen LogP contribution in [0.3, 0.4) is 0 Å². The molecule has 78 valence electrons. The molecule has 0 radical (unpaired) electrons. The van der Waals surface area contributed by atoms with Gasteiger partial charge in [0.05, 0.1) is 5.60 Å². The van der Waals surface area contributed by atoms with E-state index < -0.39 is 0 Å². The molecule has 0 saturated carbocycles. The Bertz CT molecular complexity index is 143. The van der Waals surface area contributed by atoms with Gasteiger partial charge < -0.3 is 15.4 Å². The smallest absolute Gasteiger partial charge is 0.209 e. The van der Waals surface area contributed by atoms with Crippen LogP contribution in [0.5, 0.6) is 0 Å². The van der Waals surface area contributed by atoms with Crippen molar-refractivity contribution in [2.75, 3.05) is 13.6 Å². The lowest BCUT2D eigenvalue weighted by atomic mass is 10.2. The van der Waals surface area contributed by atoms with E-state index in [1.54, 1.807) is 0 Å². The lowest BCUT2D eigenvalue weighted by Crippen LogP contribution is -2.39. The van der Waals surface area contributed by atoms with E-state index in [2.05, 4.69) is 10.6 Å². The summed E-state index contributed by atoms with van der Waals surface area (Å²) in [6.07, 6.45) is 1.24. The Morgan fingerprint density at radius 1 is 1.46 bits per heavy atom. The molecule has 0 spiro atoms. The van der Waals surface area contributed by atoms with E-state index in [1.165, 1.54) is 0 Å². The maximum Gasteiger partial charge on any atom is 0.209 e. The maximum absolute atomic E-state index is 10.3. The van der Waals surface area contributed by atoms with E-state index in [1.807, 2.05) is 27.8 Å². The first kappa shape index (κ1) is 12.4. The molecule has 1 atom stereocenters. The van der Waals surface area contributed by atoms with E-state index >= 15 is 0 Å². The fourth-order valence-electron chi connectivity index (χ4n) is 0.954. The molecule has 2 N–H and O–H groups in total. The zero-order valence-electron chi connectivity index (χ0n) is 8.89. The van der Waals surface area contributed by atoms with Crippen molar-refractivity contribution < 1.29 is 9.53 Å². The van der Waals surface area contributed by atoms with Crippen LogP contribution in [0.1, 0.15) is 27.2 Å². The fourth-order valence-corrected chi connectivity index (χ4v) is 0.954. The molecule has 0 aromatic rings. The molecule has 4 nitrogen and oxygen atoms in total. The fraction of sp³-hybridized carbons (Fsp3) is 0.889. The van der Waals surface area contributed by atoms with Gasteiger partial charge in [-0.2, -0.15) is 0 Å². The third-order valence-electron chi connectivity index (χ3n) is 1.41. The molecule has 1 amide bonds. The van der Waals surface area contributed by atoms with Crippen molar-refractivity contribution in [1.82, 2.24) is 10.6 Å². The Balaban J connectivity index is 3.86. The first-order valence-electron chi connectivity index (χ1n) is 4.51. The van der Waals surface area contributed by atoms with Gasteiger partial charge >= 0.3 is 0 Å². The van der Waals surface area contributed by atoms with Crippen LogP contribution >= 0.6 is 0 Å². The number of amides is 1.